The van der Waals surface area contributed by atoms with E-state index in [1.54, 1.807) is 23.2 Å². The third kappa shape index (κ3) is 5.79. The number of aliphatic hydroxyl groups is 1. The number of carbonyl (C=O) groups excluding carboxylic acids is 1. The lowest BCUT2D eigenvalue weighted by Gasteiger charge is -2.14. The summed E-state index contributed by atoms with van der Waals surface area (Å²) in [4.78, 5) is 33.2. The van der Waals surface area contributed by atoms with Crippen molar-refractivity contribution < 1.29 is 14.6 Å². The van der Waals surface area contributed by atoms with Crippen LogP contribution in [0.1, 0.15) is 16.7 Å². The molecule has 1 fully saturated rings. The highest BCUT2D eigenvalue weighted by molar-refractivity contribution is 8.26. The van der Waals surface area contributed by atoms with E-state index in [1.807, 2.05) is 43.3 Å². The molecule has 1 aliphatic heterocycles. The summed E-state index contributed by atoms with van der Waals surface area (Å²) >= 11 is 6.66. The lowest BCUT2D eigenvalue weighted by atomic mass is 10.1. The van der Waals surface area contributed by atoms with Crippen LogP contribution in [0.5, 0.6) is 0 Å². The zero-order valence-electron chi connectivity index (χ0n) is 19.3. The molecule has 0 spiro atoms. The second kappa shape index (κ2) is 11.6. The number of hydrogen-bond acceptors (Lipinski definition) is 8. The molecule has 2 aromatic heterocycles. The molecule has 10 heteroatoms. The average molecular weight is 511 g/mol. The van der Waals surface area contributed by atoms with E-state index in [-0.39, 0.29) is 30.2 Å². The number of thioether (sulfide) groups is 1. The Morgan fingerprint density at radius 3 is 2.74 bits per heavy atom. The number of rotatable bonds is 10. The number of nitrogens with zero attached hydrogens (tertiary/aromatic N) is 3. The van der Waals surface area contributed by atoms with Crippen LogP contribution in [0.4, 0.5) is 5.82 Å². The Kier molecular flexibility index (Phi) is 8.29. The van der Waals surface area contributed by atoms with Crippen molar-refractivity contribution in [2.24, 2.45) is 0 Å². The molecule has 4 rings (SSSR count). The summed E-state index contributed by atoms with van der Waals surface area (Å²) in [6.07, 6.45) is 3.91. The Balaban J connectivity index is 1.63. The number of thiocarbonyl (C=S) groups is 1. The van der Waals surface area contributed by atoms with Crippen molar-refractivity contribution in [2.45, 2.75) is 13.3 Å². The molecule has 0 unspecified atom stereocenters. The molecule has 35 heavy (non-hydrogen) atoms. The number of aryl methyl sites for hydroxylation is 1. The summed E-state index contributed by atoms with van der Waals surface area (Å²) in [6.45, 7) is 3.23. The molecule has 0 saturated carbocycles. The van der Waals surface area contributed by atoms with Gasteiger partial charge in [0.05, 0.1) is 30.3 Å². The highest BCUT2D eigenvalue weighted by Crippen LogP contribution is 2.33. The van der Waals surface area contributed by atoms with Crippen LogP contribution in [0.2, 0.25) is 0 Å². The minimum Gasteiger partial charge on any atom is -0.394 e. The molecule has 3 aromatic rings. The van der Waals surface area contributed by atoms with E-state index in [2.05, 4.69) is 10.3 Å². The summed E-state index contributed by atoms with van der Waals surface area (Å²) in [5, 5.41) is 12.0. The van der Waals surface area contributed by atoms with Gasteiger partial charge in [0.2, 0.25) is 0 Å². The number of fused-ring (bicyclic) bond motifs is 1. The molecule has 8 nitrogen and oxygen atoms in total. The zero-order chi connectivity index (χ0) is 24.8. The Hall–Kier alpha value is -3.05. The number of amides is 1. The third-order valence-electron chi connectivity index (χ3n) is 5.47. The van der Waals surface area contributed by atoms with Crippen molar-refractivity contribution in [3.05, 3.63) is 80.6 Å². The highest BCUT2D eigenvalue weighted by atomic mass is 32.2. The quantitative estimate of drug-likeness (QED) is 0.244. The number of benzene rings is 1. The summed E-state index contributed by atoms with van der Waals surface area (Å²) < 4.78 is 7.25. The first kappa shape index (κ1) is 25.1. The van der Waals surface area contributed by atoms with Gasteiger partial charge in [0.1, 0.15) is 15.8 Å². The fourth-order valence-corrected chi connectivity index (χ4v) is 4.98. The van der Waals surface area contributed by atoms with Gasteiger partial charge < -0.3 is 15.2 Å². The maximum Gasteiger partial charge on any atom is 0.267 e. The van der Waals surface area contributed by atoms with Gasteiger partial charge in [0.25, 0.3) is 11.5 Å². The maximum atomic E-state index is 13.4. The average Bonchev–Trinajstić information content (AvgIpc) is 3.13. The number of anilines is 1. The molecule has 182 valence electrons. The van der Waals surface area contributed by atoms with Crippen molar-refractivity contribution in [1.82, 2.24) is 14.3 Å². The molecule has 2 N–H and O–H groups in total. The zero-order valence-corrected chi connectivity index (χ0v) is 20.9. The smallest absolute Gasteiger partial charge is 0.267 e. The third-order valence-corrected chi connectivity index (χ3v) is 6.85. The van der Waals surface area contributed by atoms with Crippen LogP contribution >= 0.6 is 24.0 Å². The molecule has 1 aliphatic rings. The lowest BCUT2D eigenvalue weighted by molar-refractivity contribution is -0.122. The van der Waals surface area contributed by atoms with Crippen LogP contribution < -0.4 is 10.9 Å². The van der Waals surface area contributed by atoms with E-state index < -0.39 is 0 Å². The normalized spacial score (nSPS) is 14.9. The van der Waals surface area contributed by atoms with Crippen molar-refractivity contribution in [3.8, 4) is 0 Å². The maximum absolute atomic E-state index is 13.4. The van der Waals surface area contributed by atoms with E-state index in [4.69, 9.17) is 22.1 Å². The second-order valence-corrected chi connectivity index (χ2v) is 9.57. The van der Waals surface area contributed by atoms with Crippen molar-refractivity contribution in [2.75, 3.05) is 38.2 Å². The van der Waals surface area contributed by atoms with Crippen LogP contribution in [0.15, 0.2) is 58.4 Å². The van der Waals surface area contributed by atoms with Gasteiger partial charge in [-0.05, 0) is 36.6 Å². The summed E-state index contributed by atoms with van der Waals surface area (Å²) in [6, 6.07) is 13.6. The van der Waals surface area contributed by atoms with Crippen molar-refractivity contribution >= 4 is 51.7 Å². The Bertz CT molecular complexity index is 1320. The standard InChI is InChI=1S/C25H26N4O4S2/c1-17-6-5-11-28-22(17)27-21(26-10-14-33-15-13-30)19(23(28)31)16-20-24(32)29(25(34)35-20)12-9-18-7-3-2-4-8-18/h2-8,11,16,26,30H,9-10,12-15H2,1H3/b20-16-. The molecule has 3 heterocycles. The molecule has 0 atom stereocenters. The topological polar surface area (TPSA) is 96.2 Å². The van der Waals surface area contributed by atoms with E-state index in [1.165, 1.54) is 16.2 Å². The van der Waals surface area contributed by atoms with Gasteiger partial charge in [-0.15, -0.1) is 0 Å². The molecular weight excluding hydrogens is 484 g/mol. The van der Waals surface area contributed by atoms with Crippen molar-refractivity contribution in [3.63, 3.8) is 0 Å². The monoisotopic (exact) mass is 510 g/mol. The van der Waals surface area contributed by atoms with Crippen LogP contribution in [0.3, 0.4) is 0 Å². The summed E-state index contributed by atoms with van der Waals surface area (Å²) in [5.41, 5.74) is 2.49. The van der Waals surface area contributed by atoms with Gasteiger partial charge in [-0.25, -0.2) is 4.98 Å². The lowest BCUT2D eigenvalue weighted by Crippen LogP contribution is -2.30. The highest BCUT2D eigenvalue weighted by Gasteiger charge is 2.32. The molecule has 0 aliphatic carbocycles. The fourth-order valence-electron chi connectivity index (χ4n) is 3.69. The van der Waals surface area contributed by atoms with Crippen LogP contribution in [0.25, 0.3) is 11.7 Å². The first-order chi connectivity index (χ1) is 17.0. The van der Waals surface area contributed by atoms with E-state index in [0.29, 0.717) is 46.8 Å². The Labute approximate surface area is 212 Å². The largest absolute Gasteiger partial charge is 0.394 e. The van der Waals surface area contributed by atoms with Gasteiger partial charge >= 0.3 is 0 Å². The molecular formula is C25H26N4O4S2. The Morgan fingerprint density at radius 1 is 1.17 bits per heavy atom. The molecule has 1 saturated heterocycles. The Morgan fingerprint density at radius 2 is 1.97 bits per heavy atom. The first-order valence-corrected chi connectivity index (χ1v) is 12.5. The minimum atomic E-state index is -0.285. The van der Waals surface area contributed by atoms with Crippen LogP contribution in [0, 0.1) is 6.92 Å². The van der Waals surface area contributed by atoms with Crippen LogP contribution in [-0.2, 0) is 16.0 Å². The minimum absolute atomic E-state index is 0.0634. The molecule has 0 radical (unpaired) electrons. The number of carbonyl (C=O) groups is 1. The predicted molar refractivity (Wildman–Crippen MR) is 143 cm³/mol. The van der Waals surface area contributed by atoms with E-state index >= 15 is 0 Å². The van der Waals surface area contributed by atoms with E-state index in [0.717, 1.165) is 11.1 Å². The summed E-state index contributed by atoms with van der Waals surface area (Å²) in [5.74, 6) is 0.147. The second-order valence-electron chi connectivity index (χ2n) is 7.90. The van der Waals surface area contributed by atoms with Gasteiger partial charge in [-0.1, -0.05) is 60.4 Å². The first-order valence-electron chi connectivity index (χ1n) is 11.2. The molecule has 1 amide bonds. The van der Waals surface area contributed by atoms with Crippen molar-refractivity contribution in [1.29, 1.82) is 0 Å². The number of ether oxygens (including phenoxy) is 1. The number of aliphatic hydroxyl groups excluding tert-OH is 1. The summed E-state index contributed by atoms with van der Waals surface area (Å²) in [7, 11) is 0. The fraction of sp³-hybridized carbons (Fsp3) is 0.280. The number of nitrogens with one attached hydrogen (secondary N) is 1. The number of hydrogen-bond donors (Lipinski definition) is 2. The van der Waals surface area contributed by atoms with Gasteiger partial charge in [0.15, 0.2) is 0 Å². The number of aromatic nitrogens is 2. The van der Waals surface area contributed by atoms with Gasteiger partial charge in [0, 0.05) is 19.3 Å². The SMILES string of the molecule is Cc1cccn2c(=O)c(/C=C3\SC(=S)N(CCc4ccccc4)C3=O)c(NCCOCCO)nc12. The molecule has 0 bridgehead atoms. The van der Waals surface area contributed by atoms with Gasteiger partial charge in [-0.2, -0.15) is 0 Å². The molecule has 1 aromatic carbocycles. The predicted octanol–water partition coefficient (Wildman–Crippen LogP) is 2.87. The van der Waals surface area contributed by atoms with Crippen LogP contribution in [-0.4, -0.2) is 62.5 Å². The van der Waals surface area contributed by atoms with E-state index in [9.17, 15) is 9.59 Å². The number of pyridine rings is 1. The van der Waals surface area contributed by atoms with Gasteiger partial charge in [-0.3, -0.25) is 18.9 Å².